The predicted octanol–water partition coefficient (Wildman–Crippen LogP) is -1.23. The van der Waals surface area contributed by atoms with Crippen molar-refractivity contribution in [2.45, 2.75) is 166 Å². The van der Waals surface area contributed by atoms with Crippen molar-refractivity contribution in [2.24, 2.45) is 50.2 Å². The molecule has 0 bridgehead atoms. The Labute approximate surface area is 344 Å². The molecule has 0 unspecified atom stereocenters. The number of aliphatic hydroxyl groups excluding tert-OH is 11. The SMILES string of the molecule is CC1(C)CC[C@@]2(C(=O)O)[C@H](O)C[C@@]3(C)C(=CC[C@H]4[C@]5(C)C[C@H](O)[C@@H](O[C@H]6O[C@@H](CO)[C@H](O)[C@@H](O[C@H]7O[C@@H](CO)[C@H](O)[C@@H](O)[C@@H]7O)[C@@H]6O)C(CO)(CO)[C@H]5CC[C@]43C)[C@H]2C1. The van der Waals surface area contributed by atoms with Crippen LogP contribution in [0.1, 0.15) is 86.0 Å². The molecule has 0 aromatic carbocycles. The molecule has 0 aromatic rings. The van der Waals surface area contributed by atoms with Gasteiger partial charge in [0.15, 0.2) is 12.6 Å². The molecule has 338 valence electrons. The molecule has 5 aliphatic carbocycles. The normalized spacial score (nSPS) is 52.9. The zero-order valence-electron chi connectivity index (χ0n) is 34.7. The fourth-order valence-corrected chi connectivity index (χ4v) is 13.9. The van der Waals surface area contributed by atoms with Gasteiger partial charge in [0.25, 0.3) is 0 Å². The maximum atomic E-state index is 13.1. The number of allylic oxidation sites excluding steroid dienone is 2. The topological polar surface area (TPSA) is 297 Å². The Morgan fingerprint density at radius 1 is 0.729 bits per heavy atom. The van der Waals surface area contributed by atoms with E-state index in [4.69, 9.17) is 18.9 Å². The van der Waals surface area contributed by atoms with Crippen LogP contribution in [0, 0.1) is 50.2 Å². The van der Waals surface area contributed by atoms with E-state index in [1.165, 1.54) is 0 Å². The molecule has 6 fully saturated rings. The summed E-state index contributed by atoms with van der Waals surface area (Å²) in [5.74, 6) is -1.93. The summed E-state index contributed by atoms with van der Waals surface area (Å²) in [6, 6.07) is 0. The van der Waals surface area contributed by atoms with Crippen molar-refractivity contribution in [3.8, 4) is 0 Å². The van der Waals surface area contributed by atoms with Gasteiger partial charge in [-0.25, -0.2) is 0 Å². The van der Waals surface area contributed by atoms with Crippen LogP contribution in [0.25, 0.3) is 0 Å². The second kappa shape index (κ2) is 15.7. The minimum atomic E-state index is -1.90. The molecule has 7 rings (SSSR count). The number of carbonyl (C=O) groups is 1. The molecule has 59 heavy (non-hydrogen) atoms. The number of hydrogen-bond acceptors (Lipinski definition) is 16. The van der Waals surface area contributed by atoms with Crippen molar-refractivity contribution in [3.05, 3.63) is 11.6 Å². The monoisotopic (exact) mass is 844 g/mol. The summed E-state index contributed by atoms with van der Waals surface area (Å²) >= 11 is 0. The summed E-state index contributed by atoms with van der Waals surface area (Å²) < 4.78 is 23.4. The lowest BCUT2D eigenvalue weighted by Gasteiger charge is -2.72. The van der Waals surface area contributed by atoms with E-state index in [1.807, 2.05) is 0 Å². The number of aliphatic hydroxyl groups is 11. The quantitative estimate of drug-likeness (QED) is 0.0956. The van der Waals surface area contributed by atoms with E-state index in [9.17, 15) is 66.1 Å². The van der Waals surface area contributed by atoms with E-state index in [0.717, 1.165) is 5.57 Å². The molecule has 4 saturated carbocycles. The molecule has 17 nitrogen and oxygen atoms in total. The van der Waals surface area contributed by atoms with E-state index in [-0.39, 0.29) is 30.1 Å². The van der Waals surface area contributed by atoms with Crippen molar-refractivity contribution in [3.63, 3.8) is 0 Å². The van der Waals surface area contributed by atoms with Crippen LogP contribution < -0.4 is 0 Å². The Balaban J connectivity index is 1.19. The van der Waals surface area contributed by atoms with Gasteiger partial charge in [0.05, 0.1) is 44.7 Å². The molecular formula is C42H68O17. The van der Waals surface area contributed by atoms with Crippen LogP contribution in [0.3, 0.4) is 0 Å². The van der Waals surface area contributed by atoms with Crippen LogP contribution in [0.4, 0.5) is 0 Å². The molecule has 12 N–H and O–H groups in total. The summed E-state index contributed by atoms with van der Waals surface area (Å²) in [5.41, 5.74) is -3.65. The molecule has 0 spiro atoms. The Hall–Kier alpha value is -1.39. The first-order chi connectivity index (χ1) is 27.6. The first-order valence-corrected chi connectivity index (χ1v) is 21.3. The van der Waals surface area contributed by atoms with Gasteiger partial charge in [0, 0.05) is 5.41 Å². The highest BCUT2D eigenvalue weighted by atomic mass is 16.7. The van der Waals surface area contributed by atoms with E-state index >= 15 is 0 Å². The highest BCUT2D eigenvalue weighted by Crippen LogP contribution is 2.76. The van der Waals surface area contributed by atoms with Crippen molar-refractivity contribution in [2.75, 3.05) is 26.4 Å². The van der Waals surface area contributed by atoms with Gasteiger partial charge in [0.1, 0.15) is 54.2 Å². The van der Waals surface area contributed by atoms with Crippen LogP contribution in [-0.4, -0.2) is 173 Å². The fraction of sp³-hybridized carbons (Fsp3) is 0.929. The molecule has 7 aliphatic rings. The van der Waals surface area contributed by atoms with Gasteiger partial charge in [-0.15, -0.1) is 0 Å². The van der Waals surface area contributed by atoms with Crippen LogP contribution in [0.5, 0.6) is 0 Å². The third-order valence-electron chi connectivity index (χ3n) is 17.4. The Kier molecular flexibility index (Phi) is 12.1. The van der Waals surface area contributed by atoms with Gasteiger partial charge < -0.3 is 80.2 Å². The van der Waals surface area contributed by atoms with E-state index < -0.39 is 145 Å². The minimum Gasteiger partial charge on any atom is -0.481 e. The maximum Gasteiger partial charge on any atom is 0.312 e. The molecule has 0 radical (unpaired) electrons. The predicted molar refractivity (Wildman–Crippen MR) is 204 cm³/mol. The number of aliphatic carboxylic acids is 1. The highest BCUT2D eigenvalue weighted by molar-refractivity contribution is 5.77. The lowest BCUT2D eigenvalue weighted by molar-refractivity contribution is -0.377. The Bertz CT molecular complexity index is 1590. The molecule has 20 atom stereocenters. The molecular weight excluding hydrogens is 776 g/mol. The summed E-state index contributed by atoms with van der Waals surface area (Å²) in [7, 11) is 0. The largest absolute Gasteiger partial charge is 0.481 e. The molecule has 0 amide bonds. The standard InChI is InChI=1S/C42H68O17/c1-37(2)10-11-42(36(54)55)20(12-37)19-6-7-24-38(3)13-21(47)33(41(17-45,18-46)25(38)8-9-39(24,4)40(19,5)14-26(42)48)59-35-31(53)32(28(50)23(16-44)57-35)58-34-30(52)29(51)27(49)22(15-43)56-34/h6,20-35,43-53H,7-18H2,1-5H3,(H,54,55)/t20-,21+,22+,23+,24+,25+,26-,27+,28+,29-,30+,31+,32-,33-,34-,35-,38+,39-,40+,42+/m1/s1. The van der Waals surface area contributed by atoms with E-state index in [0.29, 0.717) is 38.5 Å². The van der Waals surface area contributed by atoms with Gasteiger partial charge in [-0.2, -0.15) is 0 Å². The second-order valence-corrected chi connectivity index (χ2v) is 20.7. The number of rotatable bonds is 9. The first kappa shape index (κ1) is 45.6. The average Bonchev–Trinajstić information content (AvgIpc) is 3.17. The summed E-state index contributed by atoms with van der Waals surface area (Å²) in [6.45, 7) is 7.89. The molecule has 0 aromatic heterocycles. The second-order valence-electron chi connectivity index (χ2n) is 20.7. The van der Waals surface area contributed by atoms with Crippen LogP contribution in [-0.2, 0) is 23.7 Å². The summed E-state index contributed by atoms with van der Waals surface area (Å²) in [5, 5.41) is 131. The van der Waals surface area contributed by atoms with E-state index in [1.54, 1.807) is 0 Å². The lowest BCUT2D eigenvalue weighted by atomic mass is 9.33. The third-order valence-corrected chi connectivity index (χ3v) is 17.4. The van der Waals surface area contributed by atoms with Crippen molar-refractivity contribution in [1.82, 2.24) is 0 Å². The van der Waals surface area contributed by atoms with Crippen molar-refractivity contribution < 1.29 is 85.0 Å². The van der Waals surface area contributed by atoms with Crippen LogP contribution in [0.2, 0.25) is 0 Å². The number of carboxylic acid groups (broad SMARTS) is 1. The zero-order valence-corrected chi connectivity index (χ0v) is 34.7. The lowest BCUT2D eigenvalue weighted by Crippen LogP contribution is -2.71. The smallest absolute Gasteiger partial charge is 0.312 e. The van der Waals surface area contributed by atoms with Crippen LogP contribution >= 0.6 is 0 Å². The Morgan fingerprint density at radius 3 is 1.93 bits per heavy atom. The molecule has 2 aliphatic heterocycles. The Morgan fingerprint density at radius 2 is 1.34 bits per heavy atom. The average molecular weight is 845 g/mol. The molecule has 2 heterocycles. The first-order valence-electron chi connectivity index (χ1n) is 21.3. The van der Waals surface area contributed by atoms with Crippen molar-refractivity contribution >= 4 is 5.97 Å². The summed E-state index contributed by atoms with van der Waals surface area (Å²) in [6.07, 6.45) is -15.0. The van der Waals surface area contributed by atoms with Gasteiger partial charge in [-0.1, -0.05) is 46.3 Å². The summed E-state index contributed by atoms with van der Waals surface area (Å²) in [4.78, 5) is 13.1. The number of fused-ring (bicyclic) bond motifs is 7. The molecule has 17 heteroatoms. The van der Waals surface area contributed by atoms with Crippen LogP contribution in [0.15, 0.2) is 11.6 Å². The number of carboxylic acids is 1. The third kappa shape index (κ3) is 6.54. The van der Waals surface area contributed by atoms with Gasteiger partial charge in [-0.3, -0.25) is 4.79 Å². The number of hydrogen-bond donors (Lipinski definition) is 12. The van der Waals surface area contributed by atoms with Gasteiger partial charge in [-0.05, 0) is 90.8 Å². The zero-order chi connectivity index (χ0) is 43.4. The molecule has 2 saturated heterocycles. The maximum absolute atomic E-state index is 13.1. The fourth-order valence-electron chi connectivity index (χ4n) is 13.9. The van der Waals surface area contributed by atoms with Crippen molar-refractivity contribution in [1.29, 1.82) is 0 Å². The number of ether oxygens (including phenoxy) is 4. The van der Waals surface area contributed by atoms with Gasteiger partial charge in [0.2, 0.25) is 0 Å². The van der Waals surface area contributed by atoms with E-state index in [2.05, 4.69) is 40.7 Å². The highest BCUT2D eigenvalue weighted by Gasteiger charge is 2.73. The minimum absolute atomic E-state index is 0.120. The van der Waals surface area contributed by atoms with Gasteiger partial charge >= 0.3 is 5.97 Å².